The highest BCUT2D eigenvalue weighted by molar-refractivity contribution is 7.22. The maximum atomic E-state index is 6.07. The van der Waals surface area contributed by atoms with Gasteiger partial charge in [-0.2, -0.15) is 0 Å². The van der Waals surface area contributed by atoms with E-state index in [-0.39, 0.29) is 0 Å². The fourth-order valence-corrected chi connectivity index (χ4v) is 5.67. The molecule has 172 valence electrons. The Balaban J connectivity index is 1.25. The number of fused-ring (bicyclic) bond motifs is 2. The third-order valence-corrected chi connectivity index (χ3v) is 7.56. The SMILES string of the molecule is COc1cc(Nc2ccc3ncc(-c4cc5ccccc5s4)n3n2)ccc1OCC1CCCC1. The quantitative estimate of drug-likeness (QED) is 0.279. The number of aromatic nitrogens is 3. The molecule has 1 fully saturated rings. The molecule has 1 saturated carbocycles. The second-order valence-electron chi connectivity index (χ2n) is 8.73. The lowest BCUT2D eigenvalue weighted by Gasteiger charge is -2.15. The predicted molar refractivity (Wildman–Crippen MR) is 138 cm³/mol. The van der Waals surface area contributed by atoms with Crippen LogP contribution in [0, 0.1) is 5.92 Å². The fourth-order valence-electron chi connectivity index (χ4n) is 4.61. The topological polar surface area (TPSA) is 60.7 Å². The first-order valence-electron chi connectivity index (χ1n) is 11.7. The molecular weight excluding hydrogens is 444 g/mol. The van der Waals surface area contributed by atoms with Crippen LogP contribution in [0.4, 0.5) is 11.5 Å². The van der Waals surface area contributed by atoms with Gasteiger partial charge in [-0.25, -0.2) is 9.50 Å². The van der Waals surface area contributed by atoms with Crippen LogP contribution in [0.5, 0.6) is 11.5 Å². The monoisotopic (exact) mass is 470 g/mol. The maximum Gasteiger partial charge on any atom is 0.162 e. The second kappa shape index (κ2) is 8.99. The van der Waals surface area contributed by atoms with Crippen LogP contribution in [-0.2, 0) is 0 Å². The number of imidazole rings is 1. The molecule has 0 saturated heterocycles. The molecule has 5 aromatic rings. The summed E-state index contributed by atoms with van der Waals surface area (Å²) in [5.74, 6) is 2.89. The first-order valence-corrected chi connectivity index (χ1v) is 12.5. The predicted octanol–water partition coefficient (Wildman–Crippen LogP) is 6.93. The van der Waals surface area contributed by atoms with Gasteiger partial charge in [0.1, 0.15) is 5.69 Å². The van der Waals surface area contributed by atoms with Crippen molar-refractivity contribution in [1.29, 1.82) is 0 Å². The van der Waals surface area contributed by atoms with E-state index in [1.165, 1.54) is 35.8 Å². The van der Waals surface area contributed by atoms with Crippen molar-refractivity contribution in [1.82, 2.24) is 14.6 Å². The van der Waals surface area contributed by atoms with Crippen molar-refractivity contribution in [2.45, 2.75) is 25.7 Å². The molecule has 0 atom stereocenters. The van der Waals surface area contributed by atoms with Gasteiger partial charge in [-0.15, -0.1) is 16.4 Å². The van der Waals surface area contributed by atoms with Crippen molar-refractivity contribution < 1.29 is 9.47 Å². The molecule has 1 aliphatic carbocycles. The van der Waals surface area contributed by atoms with E-state index >= 15 is 0 Å². The Bertz CT molecular complexity index is 1420. The average molecular weight is 471 g/mol. The summed E-state index contributed by atoms with van der Waals surface area (Å²) in [7, 11) is 1.68. The molecule has 1 N–H and O–H groups in total. The lowest BCUT2D eigenvalue weighted by Crippen LogP contribution is -2.08. The molecule has 3 heterocycles. The molecule has 7 heteroatoms. The Morgan fingerprint density at radius 1 is 1.03 bits per heavy atom. The number of hydrogen-bond acceptors (Lipinski definition) is 6. The van der Waals surface area contributed by atoms with Crippen LogP contribution in [0.1, 0.15) is 25.7 Å². The Morgan fingerprint density at radius 2 is 1.91 bits per heavy atom. The summed E-state index contributed by atoms with van der Waals surface area (Å²) in [5, 5.41) is 9.45. The largest absolute Gasteiger partial charge is 0.493 e. The number of nitrogens with zero attached hydrogens (tertiary/aromatic N) is 3. The van der Waals surface area contributed by atoms with Crippen molar-refractivity contribution >= 4 is 38.6 Å². The van der Waals surface area contributed by atoms with E-state index in [9.17, 15) is 0 Å². The van der Waals surface area contributed by atoms with Crippen LogP contribution < -0.4 is 14.8 Å². The summed E-state index contributed by atoms with van der Waals surface area (Å²) in [6.45, 7) is 0.752. The molecule has 34 heavy (non-hydrogen) atoms. The summed E-state index contributed by atoms with van der Waals surface area (Å²) < 4.78 is 14.8. The average Bonchev–Trinajstić information content (AvgIpc) is 3.62. The normalized spacial score (nSPS) is 14.1. The highest BCUT2D eigenvalue weighted by Gasteiger charge is 2.17. The number of ether oxygens (including phenoxy) is 2. The zero-order chi connectivity index (χ0) is 22.9. The zero-order valence-electron chi connectivity index (χ0n) is 19.0. The smallest absolute Gasteiger partial charge is 0.162 e. The highest BCUT2D eigenvalue weighted by atomic mass is 32.1. The van der Waals surface area contributed by atoms with Crippen molar-refractivity contribution in [2.75, 3.05) is 19.0 Å². The van der Waals surface area contributed by atoms with Gasteiger partial charge in [0.2, 0.25) is 0 Å². The summed E-state index contributed by atoms with van der Waals surface area (Å²) in [5.41, 5.74) is 2.68. The number of benzene rings is 2. The molecule has 0 aliphatic heterocycles. The van der Waals surface area contributed by atoms with Crippen molar-refractivity contribution in [3.05, 3.63) is 66.9 Å². The minimum Gasteiger partial charge on any atom is -0.493 e. The van der Waals surface area contributed by atoms with Crippen LogP contribution >= 0.6 is 11.3 Å². The molecular formula is C27H26N4O2S. The lowest BCUT2D eigenvalue weighted by atomic mass is 10.1. The lowest BCUT2D eigenvalue weighted by molar-refractivity contribution is 0.241. The van der Waals surface area contributed by atoms with Crippen LogP contribution in [0.2, 0.25) is 0 Å². The van der Waals surface area contributed by atoms with E-state index in [0.717, 1.165) is 45.8 Å². The van der Waals surface area contributed by atoms with E-state index in [2.05, 4.69) is 40.6 Å². The Hall–Kier alpha value is -3.58. The minimum atomic E-state index is 0.656. The van der Waals surface area contributed by atoms with Gasteiger partial charge < -0.3 is 14.8 Å². The number of hydrogen-bond donors (Lipinski definition) is 1. The van der Waals surface area contributed by atoms with Gasteiger partial charge in [-0.05, 0) is 60.5 Å². The van der Waals surface area contributed by atoms with Crippen molar-refractivity contribution in [2.24, 2.45) is 5.92 Å². The molecule has 6 rings (SSSR count). The van der Waals surface area contributed by atoms with Gasteiger partial charge in [0.25, 0.3) is 0 Å². The summed E-state index contributed by atoms with van der Waals surface area (Å²) in [4.78, 5) is 5.69. The van der Waals surface area contributed by atoms with E-state index in [1.807, 2.05) is 41.0 Å². The number of rotatable bonds is 7. The molecule has 0 radical (unpaired) electrons. The molecule has 1 aliphatic rings. The van der Waals surface area contributed by atoms with Gasteiger partial charge >= 0.3 is 0 Å². The van der Waals surface area contributed by atoms with Gasteiger partial charge in [-0.1, -0.05) is 31.0 Å². The number of methoxy groups -OCH3 is 1. The molecule has 0 amide bonds. The van der Waals surface area contributed by atoms with Crippen molar-refractivity contribution in [3.63, 3.8) is 0 Å². The zero-order valence-corrected chi connectivity index (χ0v) is 19.8. The highest BCUT2D eigenvalue weighted by Crippen LogP contribution is 2.35. The van der Waals surface area contributed by atoms with Crippen LogP contribution in [0.3, 0.4) is 0 Å². The number of anilines is 2. The van der Waals surface area contributed by atoms with Gasteiger partial charge in [0, 0.05) is 16.5 Å². The molecule has 0 bridgehead atoms. The fraction of sp³-hybridized carbons (Fsp3) is 0.259. The third-order valence-electron chi connectivity index (χ3n) is 6.43. The maximum absolute atomic E-state index is 6.07. The molecule has 3 aromatic heterocycles. The van der Waals surface area contributed by atoms with E-state index < -0.39 is 0 Å². The van der Waals surface area contributed by atoms with Gasteiger partial charge in [-0.3, -0.25) is 0 Å². The number of nitrogens with one attached hydrogen (secondary N) is 1. The van der Waals surface area contributed by atoms with E-state index in [0.29, 0.717) is 5.92 Å². The first kappa shape index (κ1) is 21.0. The minimum absolute atomic E-state index is 0.656. The second-order valence-corrected chi connectivity index (χ2v) is 9.82. The Labute approximate surface area is 202 Å². The molecule has 6 nitrogen and oxygen atoms in total. The van der Waals surface area contributed by atoms with Gasteiger partial charge in [0.15, 0.2) is 23.0 Å². The van der Waals surface area contributed by atoms with Crippen LogP contribution in [0.25, 0.3) is 26.3 Å². The molecule has 2 aromatic carbocycles. The standard InChI is InChI=1S/C27H26N4O2S/c1-32-23-15-20(10-11-22(23)33-17-18-6-2-3-7-18)29-26-12-13-27-28-16-21(31(27)30-26)25-14-19-8-4-5-9-24(19)34-25/h4-5,8-16,18H,2-3,6-7,17H2,1H3,(H,29,30). The van der Waals surface area contributed by atoms with Gasteiger partial charge in [0.05, 0.1) is 24.8 Å². The summed E-state index contributed by atoms with van der Waals surface area (Å²) in [6, 6.07) is 20.4. The third kappa shape index (κ3) is 4.07. The molecule has 0 spiro atoms. The number of thiophene rings is 1. The van der Waals surface area contributed by atoms with Crippen molar-refractivity contribution in [3.8, 4) is 22.1 Å². The Morgan fingerprint density at radius 3 is 2.76 bits per heavy atom. The summed E-state index contributed by atoms with van der Waals surface area (Å²) in [6.07, 6.45) is 7.03. The van der Waals surface area contributed by atoms with Crippen LogP contribution in [-0.4, -0.2) is 28.3 Å². The van der Waals surface area contributed by atoms with Crippen LogP contribution in [0.15, 0.2) is 66.9 Å². The first-order chi connectivity index (χ1) is 16.8. The molecule has 0 unspecified atom stereocenters. The van der Waals surface area contributed by atoms with E-state index in [4.69, 9.17) is 14.6 Å². The Kier molecular flexibility index (Phi) is 5.55. The van der Waals surface area contributed by atoms with E-state index in [1.54, 1.807) is 18.4 Å². The summed E-state index contributed by atoms with van der Waals surface area (Å²) >= 11 is 1.75.